The molecule has 33 heavy (non-hydrogen) atoms. The van der Waals surface area contributed by atoms with Gasteiger partial charge < -0.3 is 9.80 Å². The third-order valence-corrected chi connectivity index (χ3v) is 6.32. The van der Waals surface area contributed by atoms with E-state index in [0.29, 0.717) is 6.54 Å². The summed E-state index contributed by atoms with van der Waals surface area (Å²) >= 11 is 0. The molecule has 0 radical (unpaired) electrons. The van der Waals surface area contributed by atoms with Crippen molar-refractivity contribution in [2.75, 3.05) is 37.6 Å². The molecule has 0 atom stereocenters. The fraction of sp³-hybridized carbons (Fsp3) is 0.393. The summed E-state index contributed by atoms with van der Waals surface area (Å²) in [6, 6.07) is 13.6. The number of aryl methyl sites for hydroxylation is 1. The summed E-state index contributed by atoms with van der Waals surface area (Å²) in [4.78, 5) is 4.61. The minimum Gasteiger partial charge on any atom is -0.372 e. The van der Waals surface area contributed by atoms with Crippen LogP contribution in [-0.2, 0) is 6.54 Å². The van der Waals surface area contributed by atoms with Gasteiger partial charge in [0.2, 0.25) is 6.20 Å². The highest BCUT2D eigenvalue weighted by Crippen LogP contribution is 2.28. The topological polar surface area (TPSA) is 10.4 Å². The Balaban J connectivity index is 1.81. The number of fused-ring (bicyclic) bond motifs is 1. The minimum absolute atomic E-state index is 0.00763. The van der Waals surface area contributed by atoms with Gasteiger partial charge >= 0.3 is 0 Å². The molecule has 1 aromatic heterocycles. The predicted octanol–water partition coefficient (Wildman–Crippen LogP) is 6.31. The van der Waals surface area contributed by atoms with E-state index in [4.69, 9.17) is 0 Å². The summed E-state index contributed by atoms with van der Waals surface area (Å²) < 4.78 is 31.6. The van der Waals surface area contributed by atoms with Crippen LogP contribution in [0.15, 0.2) is 54.9 Å². The van der Waals surface area contributed by atoms with Crippen molar-refractivity contribution in [3.8, 4) is 0 Å². The molecule has 0 N–H and O–H groups in total. The van der Waals surface area contributed by atoms with E-state index in [0.717, 1.165) is 61.2 Å². The first-order valence-electron chi connectivity index (χ1n) is 12.1. The van der Waals surface area contributed by atoms with Crippen LogP contribution in [0.5, 0.6) is 0 Å². The lowest BCUT2D eigenvalue weighted by Gasteiger charge is -2.21. The van der Waals surface area contributed by atoms with Crippen LogP contribution < -0.4 is 9.47 Å². The van der Waals surface area contributed by atoms with Crippen LogP contribution in [0.2, 0.25) is 0 Å². The van der Waals surface area contributed by atoms with Crippen molar-refractivity contribution in [1.29, 1.82) is 0 Å². The molecule has 0 saturated carbocycles. The third kappa shape index (κ3) is 6.17. The molecule has 176 valence electrons. The Morgan fingerprint density at radius 3 is 2.39 bits per heavy atom. The predicted molar refractivity (Wildman–Crippen MR) is 135 cm³/mol. The van der Waals surface area contributed by atoms with E-state index < -0.39 is 11.6 Å². The van der Waals surface area contributed by atoms with Gasteiger partial charge in [0.1, 0.15) is 12.4 Å². The molecule has 0 amide bonds. The van der Waals surface area contributed by atoms with Gasteiger partial charge in [0.25, 0.3) is 0 Å². The molecule has 0 aliphatic carbocycles. The smallest absolute Gasteiger partial charge is 0.205 e. The average molecular weight is 453 g/mol. The second-order valence-corrected chi connectivity index (χ2v) is 8.24. The highest BCUT2D eigenvalue weighted by atomic mass is 19.1. The zero-order chi connectivity index (χ0) is 23.8. The summed E-state index contributed by atoms with van der Waals surface area (Å²) in [7, 11) is 0. The molecular formula is C28H36F2N3+. The van der Waals surface area contributed by atoms with Crippen molar-refractivity contribution in [1.82, 2.24) is 4.90 Å². The number of hydrogen-bond acceptors (Lipinski definition) is 2. The van der Waals surface area contributed by atoms with Gasteiger partial charge in [0.05, 0.1) is 5.56 Å². The van der Waals surface area contributed by atoms with Gasteiger partial charge in [-0.15, -0.1) is 0 Å². The lowest BCUT2D eigenvalue weighted by Crippen LogP contribution is -2.36. The van der Waals surface area contributed by atoms with Gasteiger partial charge in [-0.25, -0.2) is 8.96 Å². The third-order valence-electron chi connectivity index (χ3n) is 6.32. The van der Waals surface area contributed by atoms with Crippen molar-refractivity contribution in [2.45, 2.75) is 40.7 Å². The zero-order valence-electron chi connectivity index (χ0n) is 20.3. The van der Waals surface area contributed by atoms with E-state index in [9.17, 15) is 4.39 Å². The van der Waals surface area contributed by atoms with Crippen LogP contribution in [0.1, 0.15) is 45.2 Å². The largest absolute Gasteiger partial charge is 0.372 e. The number of nitrogens with zero attached hydrogens (tertiary/aromatic N) is 3. The zero-order valence-corrected chi connectivity index (χ0v) is 20.3. The summed E-state index contributed by atoms with van der Waals surface area (Å²) in [5, 5.41) is 1.99. The lowest BCUT2D eigenvalue weighted by molar-refractivity contribution is -0.698. The van der Waals surface area contributed by atoms with Gasteiger partial charge in [0.15, 0.2) is 12.0 Å². The van der Waals surface area contributed by atoms with Gasteiger partial charge in [-0.05, 0) is 61.5 Å². The molecule has 0 unspecified atom stereocenters. The van der Waals surface area contributed by atoms with Crippen LogP contribution in [0, 0.1) is 5.82 Å². The van der Waals surface area contributed by atoms with Crippen molar-refractivity contribution in [3.05, 3.63) is 71.8 Å². The number of aromatic nitrogens is 1. The van der Waals surface area contributed by atoms with Crippen molar-refractivity contribution in [2.24, 2.45) is 0 Å². The summed E-state index contributed by atoms with van der Waals surface area (Å²) in [6.07, 6.45) is 5.51. The lowest BCUT2D eigenvalue weighted by atomic mass is 10.0. The molecule has 0 bridgehead atoms. The average Bonchev–Trinajstić information content (AvgIpc) is 2.82. The first-order chi connectivity index (χ1) is 16.0. The minimum atomic E-state index is -0.567. The summed E-state index contributed by atoms with van der Waals surface area (Å²) in [5.41, 5.74) is 1.88. The van der Waals surface area contributed by atoms with E-state index in [2.05, 4.69) is 49.6 Å². The number of hydrogen-bond donors (Lipinski definition) is 0. The molecule has 3 nitrogen and oxygen atoms in total. The molecule has 1 heterocycles. The Kier molecular flexibility index (Phi) is 8.95. The first-order valence-corrected chi connectivity index (χ1v) is 12.1. The van der Waals surface area contributed by atoms with Crippen LogP contribution in [0.3, 0.4) is 0 Å². The quantitative estimate of drug-likeness (QED) is 0.316. The van der Waals surface area contributed by atoms with Gasteiger partial charge in [0, 0.05) is 37.8 Å². The summed E-state index contributed by atoms with van der Waals surface area (Å²) in [6.45, 7) is 14.1. The molecule has 0 spiro atoms. The van der Waals surface area contributed by atoms with Crippen LogP contribution in [0.25, 0.3) is 22.7 Å². The SMILES string of the molecule is CCN(CC)CCC[n+]1ccc(/C(F)=C/c2cccc3cc(N(CC)CC)ccc23)c(F)c1. The first kappa shape index (κ1) is 24.8. The van der Waals surface area contributed by atoms with E-state index in [-0.39, 0.29) is 5.56 Å². The van der Waals surface area contributed by atoms with E-state index in [1.807, 2.05) is 24.3 Å². The molecule has 5 heteroatoms. The fourth-order valence-electron chi connectivity index (χ4n) is 4.28. The summed E-state index contributed by atoms with van der Waals surface area (Å²) in [5.74, 6) is -1.11. The molecule has 0 fully saturated rings. The monoisotopic (exact) mass is 452 g/mol. The van der Waals surface area contributed by atoms with Crippen LogP contribution >= 0.6 is 0 Å². The standard InChI is InChI=1S/C28H36F2N3/c1-5-31(6-2)16-10-17-32-18-15-26(28(30)21-32)27(29)20-23-12-9-11-22-19-24(13-14-25(22)23)33(7-3)8-4/h9,11-15,18-21H,5-8,10,16-17H2,1-4H3/q+1/b27-20-. The number of benzene rings is 2. The molecule has 0 saturated heterocycles. The Morgan fingerprint density at radius 1 is 0.970 bits per heavy atom. The Labute approximate surface area is 197 Å². The molecule has 0 aliphatic heterocycles. The second-order valence-electron chi connectivity index (χ2n) is 8.24. The Hall–Kier alpha value is -2.79. The maximum atomic E-state index is 15.1. The van der Waals surface area contributed by atoms with Crippen LogP contribution in [0.4, 0.5) is 14.5 Å². The van der Waals surface area contributed by atoms with E-state index in [1.165, 1.54) is 18.3 Å². The molecule has 3 aromatic rings. The Morgan fingerprint density at radius 2 is 1.73 bits per heavy atom. The van der Waals surface area contributed by atoms with Crippen molar-refractivity contribution in [3.63, 3.8) is 0 Å². The second kappa shape index (κ2) is 11.9. The Bertz CT molecular complexity index is 1090. The maximum absolute atomic E-state index is 15.1. The highest BCUT2D eigenvalue weighted by Gasteiger charge is 2.14. The number of rotatable bonds is 11. The van der Waals surface area contributed by atoms with Crippen molar-refractivity contribution >= 4 is 28.4 Å². The maximum Gasteiger partial charge on any atom is 0.205 e. The van der Waals surface area contributed by atoms with Gasteiger partial charge in [-0.3, -0.25) is 0 Å². The normalized spacial score (nSPS) is 12.0. The highest BCUT2D eigenvalue weighted by molar-refractivity contribution is 5.95. The number of halogens is 2. The molecule has 3 rings (SSSR count). The molecular weight excluding hydrogens is 416 g/mol. The molecule has 0 aliphatic rings. The number of anilines is 1. The number of pyridine rings is 1. The van der Waals surface area contributed by atoms with Crippen molar-refractivity contribution < 1.29 is 13.3 Å². The molecule has 2 aromatic carbocycles. The van der Waals surface area contributed by atoms with Gasteiger partial charge in [-0.1, -0.05) is 38.1 Å². The fourth-order valence-corrected chi connectivity index (χ4v) is 4.28. The van der Waals surface area contributed by atoms with Crippen LogP contribution in [-0.4, -0.2) is 37.6 Å². The van der Waals surface area contributed by atoms with E-state index >= 15 is 4.39 Å². The van der Waals surface area contributed by atoms with Gasteiger partial charge in [-0.2, -0.15) is 4.39 Å². The van der Waals surface area contributed by atoms with E-state index in [1.54, 1.807) is 10.8 Å².